The predicted octanol–water partition coefficient (Wildman–Crippen LogP) is 6.13. The SMILES string of the molecule is C[C@H](Oc1ccc2ccccc2c1)C(=O)N/N=C\c1ccc(OC(=O)c2cccc3ccccc23)cc1. The summed E-state index contributed by atoms with van der Waals surface area (Å²) in [5.41, 5.74) is 3.73. The van der Waals surface area contributed by atoms with Crippen molar-refractivity contribution in [1.29, 1.82) is 0 Å². The smallest absolute Gasteiger partial charge is 0.344 e. The van der Waals surface area contributed by atoms with Crippen LogP contribution in [-0.2, 0) is 4.79 Å². The van der Waals surface area contributed by atoms with Crippen LogP contribution in [0.3, 0.4) is 0 Å². The monoisotopic (exact) mass is 488 g/mol. The molecule has 0 heterocycles. The van der Waals surface area contributed by atoms with Crippen molar-refractivity contribution >= 4 is 39.6 Å². The van der Waals surface area contributed by atoms with Gasteiger partial charge in [-0.3, -0.25) is 4.79 Å². The standard InChI is InChI=1S/C31H24N2O4/c1-21(36-27-18-15-23-7-2-3-9-25(23)19-27)30(34)33-32-20-22-13-16-26(17-14-22)37-31(35)29-12-6-10-24-8-4-5-11-28(24)29/h2-21H,1H3,(H,33,34)/b32-20-/t21-/m0/s1. The van der Waals surface area contributed by atoms with Crippen LogP contribution >= 0.6 is 0 Å². The molecule has 0 bridgehead atoms. The minimum atomic E-state index is -0.728. The molecule has 0 radical (unpaired) electrons. The first-order valence-corrected chi connectivity index (χ1v) is 11.9. The minimum Gasteiger partial charge on any atom is -0.481 e. The number of carbonyl (C=O) groups excluding carboxylic acids is 2. The highest BCUT2D eigenvalue weighted by Crippen LogP contribution is 2.22. The average molecular weight is 489 g/mol. The Morgan fingerprint density at radius 3 is 2.24 bits per heavy atom. The maximum atomic E-state index is 12.7. The van der Waals surface area contributed by atoms with Gasteiger partial charge in [0.05, 0.1) is 11.8 Å². The molecule has 0 saturated heterocycles. The molecule has 1 amide bonds. The number of hydrogen-bond donors (Lipinski definition) is 1. The highest BCUT2D eigenvalue weighted by Gasteiger charge is 2.14. The molecule has 1 N–H and O–H groups in total. The lowest BCUT2D eigenvalue weighted by molar-refractivity contribution is -0.127. The van der Waals surface area contributed by atoms with Crippen molar-refractivity contribution in [2.24, 2.45) is 5.10 Å². The van der Waals surface area contributed by atoms with Crippen molar-refractivity contribution in [2.75, 3.05) is 0 Å². The normalized spacial score (nSPS) is 11.9. The van der Waals surface area contributed by atoms with E-state index in [0.29, 0.717) is 17.1 Å². The number of esters is 1. The molecule has 1 atom stereocenters. The molecule has 5 aromatic carbocycles. The Labute approximate surface area is 214 Å². The summed E-state index contributed by atoms with van der Waals surface area (Å²) >= 11 is 0. The van der Waals surface area contributed by atoms with Gasteiger partial charge >= 0.3 is 5.97 Å². The van der Waals surface area contributed by atoms with E-state index in [-0.39, 0.29) is 5.91 Å². The zero-order chi connectivity index (χ0) is 25.6. The summed E-state index contributed by atoms with van der Waals surface area (Å²) in [6.07, 6.45) is 0.783. The molecule has 0 saturated carbocycles. The highest BCUT2D eigenvalue weighted by molar-refractivity contribution is 6.05. The van der Waals surface area contributed by atoms with Crippen LogP contribution in [0.1, 0.15) is 22.8 Å². The Kier molecular flexibility index (Phi) is 6.90. The first-order chi connectivity index (χ1) is 18.1. The number of amides is 1. The lowest BCUT2D eigenvalue weighted by Gasteiger charge is -2.13. The van der Waals surface area contributed by atoms with Crippen LogP contribution in [0, 0.1) is 0 Å². The van der Waals surface area contributed by atoms with E-state index < -0.39 is 12.1 Å². The van der Waals surface area contributed by atoms with Crippen molar-refractivity contribution < 1.29 is 19.1 Å². The van der Waals surface area contributed by atoms with Crippen LogP contribution in [0.4, 0.5) is 0 Å². The van der Waals surface area contributed by atoms with Gasteiger partial charge in [0, 0.05) is 0 Å². The second kappa shape index (κ2) is 10.7. The summed E-state index contributed by atoms with van der Waals surface area (Å²) in [5.74, 6) is 0.228. The molecule has 37 heavy (non-hydrogen) atoms. The molecule has 5 aromatic rings. The molecular formula is C31H24N2O4. The van der Waals surface area contributed by atoms with Gasteiger partial charge in [-0.2, -0.15) is 5.10 Å². The van der Waals surface area contributed by atoms with Crippen LogP contribution in [0.25, 0.3) is 21.5 Å². The third-order valence-corrected chi connectivity index (χ3v) is 5.89. The molecule has 5 rings (SSSR count). The Bertz CT molecular complexity index is 1600. The van der Waals surface area contributed by atoms with Gasteiger partial charge in [-0.05, 0) is 76.5 Å². The van der Waals surface area contributed by atoms with Gasteiger partial charge in [0.1, 0.15) is 11.5 Å². The Balaban J connectivity index is 1.15. The lowest BCUT2D eigenvalue weighted by atomic mass is 10.0. The van der Waals surface area contributed by atoms with E-state index in [4.69, 9.17) is 9.47 Å². The van der Waals surface area contributed by atoms with Crippen LogP contribution in [0.15, 0.2) is 114 Å². The highest BCUT2D eigenvalue weighted by atomic mass is 16.5. The molecule has 0 aliphatic carbocycles. The van der Waals surface area contributed by atoms with E-state index in [1.165, 1.54) is 6.21 Å². The first kappa shape index (κ1) is 23.8. The van der Waals surface area contributed by atoms with Crippen LogP contribution < -0.4 is 14.9 Å². The number of hydrazone groups is 1. The van der Waals surface area contributed by atoms with Gasteiger partial charge in [-0.1, -0.05) is 66.7 Å². The van der Waals surface area contributed by atoms with Crippen molar-refractivity contribution in [3.8, 4) is 11.5 Å². The van der Waals surface area contributed by atoms with E-state index >= 15 is 0 Å². The fraction of sp³-hybridized carbons (Fsp3) is 0.0645. The van der Waals surface area contributed by atoms with Gasteiger partial charge in [0.2, 0.25) is 0 Å². The summed E-state index contributed by atoms with van der Waals surface area (Å²) in [4.78, 5) is 25.1. The third kappa shape index (κ3) is 5.65. The quantitative estimate of drug-likeness (QED) is 0.129. The summed E-state index contributed by atoms with van der Waals surface area (Å²) in [6, 6.07) is 33.7. The molecule has 6 nitrogen and oxygen atoms in total. The largest absolute Gasteiger partial charge is 0.481 e. The Morgan fingerprint density at radius 2 is 1.43 bits per heavy atom. The summed E-state index contributed by atoms with van der Waals surface area (Å²) < 4.78 is 11.3. The Morgan fingerprint density at radius 1 is 0.757 bits per heavy atom. The zero-order valence-corrected chi connectivity index (χ0v) is 20.1. The van der Waals surface area contributed by atoms with E-state index in [2.05, 4.69) is 10.5 Å². The molecule has 0 aromatic heterocycles. The molecule has 0 spiro atoms. The van der Waals surface area contributed by atoms with Crippen LogP contribution in [0.2, 0.25) is 0 Å². The number of benzene rings is 5. The number of nitrogens with one attached hydrogen (secondary N) is 1. The number of nitrogens with zero attached hydrogens (tertiary/aromatic N) is 1. The second-order valence-electron chi connectivity index (χ2n) is 8.49. The molecule has 182 valence electrons. The third-order valence-electron chi connectivity index (χ3n) is 5.89. The van der Waals surface area contributed by atoms with E-state index in [1.54, 1.807) is 37.3 Å². The van der Waals surface area contributed by atoms with E-state index in [1.807, 2.05) is 78.9 Å². The molecule has 0 fully saturated rings. The first-order valence-electron chi connectivity index (χ1n) is 11.9. The molecule has 6 heteroatoms. The summed E-state index contributed by atoms with van der Waals surface area (Å²) in [5, 5.41) is 7.97. The van der Waals surface area contributed by atoms with Crippen molar-refractivity contribution in [3.05, 3.63) is 120 Å². The molecule has 0 aliphatic heterocycles. The van der Waals surface area contributed by atoms with Gasteiger partial charge in [-0.25, -0.2) is 10.2 Å². The summed E-state index contributed by atoms with van der Waals surface area (Å²) in [6.45, 7) is 1.67. The fourth-order valence-corrected chi connectivity index (χ4v) is 3.95. The fourth-order valence-electron chi connectivity index (χ4n) is 3.95. The van der Waals surface area contributed by atoms with Crippen molar-refractivity contribution in [2.45, 2.75) is 13.0 Å². The Hall–Kier alpha value is -4.97. The van der Waals surface area contributed by atoms with E-state index in [9.17, 15) is 9.59 Å². The van der Waals surface area contributed by atoms with E-state index in [0.717, 1.165) is 27.1 Å². The van der Waals surface area contributed by atoms with Crippen molar-refractivity contribution in [3.63, 3.8) is 0 Å². The minimum absolute atomic E-state index is 0.370. The lowest BCUT2D eigenvalue weighted by Crippen LogP contribution is -2.33. The zero-order valence-electron chi connectivity index (χ0n) is 20.1. The number of rotatable bonds is 7. The maximum Gasteiger partial charge on any atom is 0.344 e. The van der Waals surface area contributed by atoms with Gasteiger partial charge in [-0.15, -0.1) is 0 Å². The second-order valence-corrected chi connectivity index (χ2v) is 8.49. The van der Waals surface area contributed by atoms with Crippen LogP contribution in [0.5, 0.6) is 11.5 Å². The topological polar surface area (TPSA) is 77.0 Å². The molecule has 0 unspecified atom stereocenters. The van der Waals surface area contributed by atoms with Crippen LogP contribution in [-0.4, -0.2) is 24.2 Å². The molecular weight excluding hydrogens is 464 g/mol. The number of carbonyl (C=O) groups is 2. The summed E-state index contributed by atoms with van der Waals surface area (Å²) in [7, 11) is 0. The van der Waals surface area contributed by atoms with Gasteiger partial charge in [0.25, 0.3) is 5.91 Å². The van der Waals surface area contributed by atoms with Gasteiger partial charge < -0.3 is 9.47 Å². The van der Waals surface area contributed by atoms with Gasteiger partial charge in [0.15, 0.2) is 6.10 Å². The predicted molar refractivity (Wildman–Crippen MR) is 145 cm³/mol. The maximum absolute atomic E-state index is 12.7. The number of ether oxygens (including phenoxy) is 2. The number of fused-ring (bicyclic) bond motifs is 2. The average Bonchev–Trinajstić information content (AvgIpc) is 2.93. The number of hydrogen-bond acceptors (Lipinski definition) is 5. The van der Waals surface area contributed by atoms with Crippen molar-refractivity contribution in [1.82, 2.24) is 5.43 Å². The molecule has 0 aliphatic rings.